The Balaban J connectivity index is 1.61. The molecule has 0 fully saturated rings. The van der Waals surface area contributed by atoms with Crippen molar-refractivity contribution < 1.29 is 0 Å². The van der Waals surface area contributed by atoms with E-state index in [4.69, 9.17) is 4.98 Å². The zero-order chi connectivity index (χ0) is 20.4. The average molecular weight is 426 g/mol. The molecule has 152 valence electrons. The van der Waals surface area contributed by atoms with Crippen molar-refractivity contribution >= 4 is 50.5 Å². The molecule has 0 aliphatic carbocycles. The lowest BCUT2D eigenvalue weighted by Crippen LogP contribution is -2.24. The summed E-state index contributed by atoms with van der Waals surface area (Å²) in [5.41, 5.74) is 6.28. The molecule has 1 aromatic carbocycles. The Morgan fingerprint density at radius 3 is 2.79 bits per heavy atom. The van der Waals surface area contributed by atoms with Gasteiger partial charge in [-0.05, 0) is 43.4 Å². The third-order valence-electron chi connectivity index (χ3n) is 4.59. The number of nitrogens with one attached hydrogen (secondary N) is 2. The highest BCUT2D eigenvalue weighted by atomic mass is 32.2. The molecule has 1 atom stereocenters. The van der Waals surface area contributed by atoms with Gasteiger partial charge >= 0.3 is 0 Å². The normalized spacial score (nSPS) is 16.3. The molecular formula is C22H27N5S2. The van der Waals surface area contributed by atoms with E-state index in [2.05, 4.69) is 72.0 Å². The second-order valence-electron chi connectivity index (χ2n) is 7.98. The van der Waals surface area contributed by atoms with Crippen molar-refractivity contribution in [3.05, 3.63) is 53.1 Å². The fourth-order valence-corrected chi connectivity index (χ4v) is 5.16. The van der Waals surface area contributed by atoms with Crippen LogP contribution >= 0.6 is 23.1 Å². The Bertz CT molecular complexity index is 1010. The van der Waals surface area contributed by atoms with E-state index in [0.717, 1.165) is 29.3 Å². The first-order chi connectivity index (χ1) is 14.0. The molecule has 7 heteroatoms. The highest BCUT2D eigenvalue weighted by molar-refractivity contribution is 8.02. The number of thiazole rings is 1. The Hall–Kier alpha value is -2.25. The van der Waals surface area contributed by atoms with Gasteiger partial charge in [0.05, 0.1) is 15.7 Å². The summed E-state index contributed by atoms with van der Waals surface area (Å²) in [5.74, 6) is 1.45. The zero-order valence-electron chi connectivity index (χ0n) is 17.2. The fraction of sp³-hybridized carbons (Fsp3) is 0.364. The molecule has 0 spiro atoms. The summed E-state index contributed by atoms with van der Waals surface area (Å²) in [7, 11) is 0. The molecule has 0 amide bonds. The Kier molecular flexibility index (Phi) is 5.96. The van der Waals surface area contributed by atoms with Crippen molar-refractivity contribution in [1.82, 2.24) is 14.9 Å². The maximum atomic E-state index is 4.74. The predicted molar refractivity (Wildman–Crippen MR) is 127 cm³/mol. The van der Waals surface area contributed by atoms with Gasteiger partial charge in [0, 0.05) is 48.0 Å². The third kappa shape index (κ3) is 4.67. The highest BCUT2D eigenvalue weighted by Gasteiger charge is 2.26. The molecule has 5 nitrogen and oxygen atoms in total. The van der Waals surface area contributed by atoms with Gasteiger partial charge in [0.2, 0.25) is 0 Å². The lowest BCUT2D eigenvalue weighted by molar-refractivity contribution is 0.322. The van der Waals surface area contributed by atoms with Gasteiger partial charge in [0.15, 0.2) is 0 Å². The van der Waals surface area contributed by atoms with Crippen LogP contribution in [0.15, 0.2) is 47.6 Å². The van der Waals surface area contributed by atoms with Crippen molar-refractivity contribution in [2.75, 3.05) is 17.2 Å². The summed E-state index contributed by atoms with van der Waals surface area (Å²) in [6.07, 6.45) is 4.21. The molecule has 1 unspecified atom stereocenters. The van der Waals surface area contributed by atoms with Crippen molar-refractivity contribution in [3.8, 4) is 0 Å². The van der Waals surface area contributed by atoms with Gasteiger partial charge < -0.3 is 15.5 Å². The monoisotopic (exact) mass is 425 g/mol. The van der Waals surface area contributed by atoms with Gasteiger partial charge in [-0.1, -0.05) is 13.8 Å². The molecule has 3 aromatic rings. The van der Waals surface area contributed by atoms with E-state index in [1.165, 1.54) is 10.3 Å². The molecule has 2 aromatic heterocycles. The number of anilines is 3. The number of fused-ring (bicyclic) bond motifs is 1. The van der Waals surface area contributed by atoms with Crippen molar-refractivity contribution in [3.63, 3.8) is 0 Å². The number of aromatic nitrogens is 2. The molecular weight excluding hydrogens is 398 g/mol. The minimum absolute atomic E-state index is 0.258. The van der Waals surface area contributed by atoms with Gasteiger partial charge in [-0.15, -0.1) is 23.1 Å². The first kappa shape index (κ1) is 20.0. The number of hydrogen-bond acceptors (Lipinski definition) is 7. The number of benzene rings is 1. The molecule has 1 aliphatic heterocycles. The molecule has 3 heterocycles. The van der Waals surface area contributed by atoms with Crippen LogP contribution in [0.1, 0.15) is 38.6 Å². The van der Waals surface area contributed by atoms with Crippen LogP contribution in [-0.4, -0.2) is 27.5 Å². The number of thioether (sulfide) groups is 1. The predicted octanol–water partition coefficient (Wildman–Crippen LogP) is 6.43. The van der Waals surface area contributed by atoms with E-state index < -0.39 is 0 Å². The quantitative estimate of drug-likeness (QED) is 0.455. The van der Waals surface area contributed by atoms with Crippen LogP contribution in [0.2, 0.25) is 0 Å². The number of hydrogen-bond donors (Lipinski definition) is 2. The van der Waals surface area contributed by atoms with Crippen LogP contribution in [0.4, 0.5) is 17.2 Å². The van der Waals surface area contributed by atoms with Crippen LogP contribution in [0, 0.1) is 5.92 Å². The standard InChI is InChI=1S/C22H27N5S2/c1-14(2)12-27-7-8-28-22(27)17-11-23-21(10-19(17)25-15(3)4)26-16-5-6-18-20(9-16)29-13-24-18/h5-11,13-15,22H,12H2,1-4H3,(H2,23,25,26). The second-order valence-corrected chi connectivity index (χ2v) is 9.86. The topological polar surface area (TPSA) is 53.1 Å². The van der Waals surface area contributed by atoms with Gasteiger partial charge in [0.25, 0.3) is 0 Å². The number of rotatable bonds is 7. The minimum atomic E-state index is 0.258. The van der Waals surface area contributed by atoms with E-state index >= 15 is 0 Å². The van der Waals surface area contributed by atoms with E-state index in [0.29, 0.717) is 12.0 Å². The largest absolute Gasteiger partial charge is 0.382 e. The van der Waals surface area contributed by atoms with Gasteiger partial charge in [0.1, 0.15) is 11.2 Å². The van der Waals surface area contributed by atoms with Crippen LogP contribution in [0.3, 0.4) is 0 Å². The van der Waals surface area contributed by atoms with E-state index in [-0.39, 0.29) is 5.37 Å². The molecule has 29 heavy (non-hydrogen) atoms. The van der Waals surface area contributed by atoms with Gasteiger partial charge in [-0.2, -0.15) is 0 Å². The lowest BCUT2D eigenvalue weighted by atomic mass is 10.1. The fourth-order valence-electron chi connectivity index (χ4n) is 3.42. The summed E-state index contributed by atoms with van der Waals surface area (Å²) in [4.78, 5) is 11.5. The van der Waals surface area contributed by atoms with Crippen molar-refractivity contribution in [2.24, 2.45) is 5.92 Å². The van der Waals surface area contributed by atoms with Crippen molar-refractivity contribution in [2.45, 2.75) is 39.1 Å². The van der Waals surface area contributed by atoms with Crippen LogP contribution in [-0.2, 0) is 0 Å². The van der Waals surface area contributed by atoms with E-state index in [1.807, 2.05) is 35.6 Å². The van der Waals surface area contributed by atoms with Crippen LogP contribution in [0.25, 0.3) is 10.2 Å². The Labute approximate surface area is 180 Å². The number of pyridine rings is 1. The Morgan fingerprint density at radius 2 is 2.00 bits per heavy atom. The molecule has 0 radical (unpaired) electrons. The third-order valence-corrected chi connectivity index (χ3v) is 6.44. The minimum Gasteiger partial charge on any atom is -0.382 e. The first-order valence-corrected chi connectivity index (χ1v) is 11.8. The van der Waals surface area contributed by atoms with Crippen molar-refractivity contribution in [1.29, 1.82) is 0 Å². The first-order valence-electron chi connectivity index (χ1n) is 9.94. The molecule has 1 aliphatic rings. The SMILES string of the molecule is CC(C)CN1C=CSC1c1cnc(Nc2ccc3ncsc3c2)cc1NC(C)C. The van der Waals surface area contributed by atoms with Gasteiger partial charge in [-0.3, -0.25) is 0 Å². The van der Waals surface area contributed by atoms with Crippen LogP contribution < -0.4 is 10.6 Å². The summed E-state index contributed by atoms with van der Waals surface area (Å²) in [6.45, 7) is 9.88. The maximum absolute atomic E-state index is 4.74. The van der Waals surface area contributed by atoms with E-state index in [1.54, 1.807) is 11.3 Å². The summed E-state index contributed by atoms with van der Waals surface area (Å²) in [5, 5.41) is 9.51. The summed E-state index contributed by atoms with van der Waals surface area (Å²) in [6, 6.07) is 8.68. The molecule has 4 rings (SSSR count). The smallest absolute Gasteiger partial charge is 0.132 e. The maximum Gasteiger partial charge on any atom is 0.132 e. The molecule has 0 saturated heterocycles. The number of nitrogens with zero attached hydrogens (tertiary/aromatic N) is 3. The highest BCUT2D eigenvalue weighted by Crippen LogP contribution is 2.42. The Morgan fingerprint density at radius 1 is 1.14 bits per heavy atom. The average Bonchev–Trinajstić information content (AvgIpc) is 3.30. The van der Waals surface area contributed by atoms with Gasteiger partial charge in [-0.25, -0.2) is 9.97 Å². The second kappa shape index (κ2) is 8.63. The van der Waals surface area contributed by atoms with Crippen LogP contribution in [0.5, 0.6) is 0 Å². The molecule has 0 saturated carbocycles. The molecule has 2 N–H and O–H groups in total. The lowest BCUT2D eigenvalue weighted by Gasteiger charge is -2.29. The zero-order valence-corrected chi connectivity index (χ0v) is 18.8. The summed E-state index contributed by atoms with van der Waals surface area (Å²) >= 11 is 3.49. The summed E-state index contributed by atoms with van der Waals surface area (Å²) < 4.78 is 1.17. The molecule has 0 bridgehead atoms. The van der Waals surface area contributed by atoms with E-state index in [9.17, 15) is 0 Å².